The molecule has 15 heavy (non-hydrogen) atoms. The molecule has 0 saturated carbocycles. The predicted octanol–water partition coefficient (Wildman–Crippen LogP) is 0.879. The Balaban J connectivity index is 2.50. The lowest BCUT2D eigenvalue weighted by atomic mass is 10.4. The van der Waals surface area contributed by atoms with E-state index < -0.39 is 5.97 Å². The van der Waals surface area contributed by atoms with Crippen LogP contribution in [0.1, 0.15) is 5.76 Å². The molecule has 0 unspecified atom stereocenters. The standard InChI is InChI=1S/C10H11NO4/c1-11(7-8-3-2-6-15-8)9(12)4-5-10(13)14/h2-6H,7H2,1H3,(H,13,14). The van der Waals surface area contributed by atoms with E-state index >= 15 is 0 Å². The van der Waals surface area contributed by atoms with E-state index in [1.165, 1.54) is 11.2 Å². The van der Waals surface area contributed by atoms with Crippen LogP contribution in [0.25, 0.3) is 0 Å². The molecule has 80 valence electrons. The summed E-state index contributed by atoms with van der Waals surface area (Å²) in [5.41, 5.74) is 0. The summed E-state index contributed by atoms with van der Waals surface area (Å²) in [7, 11) is 1.57. The van der Waals surface area contributed by atoms with Crippen molar-refractivity contribution in [2.75, 3.05) is 7.05 Å². The number of furan rings is 1. The van der Waals surface area contributed by atoms with Crippen molar-refractivity contribution in [3.63, 3.8) is 0 Å². The number of amides is 1. The number of rotatable bonds is 4. The van der Waals surface area contributed by atoms with Gasteiger partial charge in [0.2, 0.25) is 5.91 Å². The fourth-order valence-corrected chi connectivity index (χ4v) is 0.984. The number of carboxylic acids is 1. The molecule has 0 bridgehead atoms. The monoisotopic (exact) mass is 209 g/mol. The number of carbonyl (C=O) groups excluding carboxylic acids is 1. The minimum absolute atomic E-state index is 0.315. The quantitative estimate of drug-likeness (QED) is 0.747. The van der Waals surface area contributed by atoms with Crippen molar-refractivity contribution in [1.29, 1.82) is 0 Å². The fourth-order valence-electron chi connectivity index (χ4n) is 0.984. The number of carboxylic acid groups (broad SMARTS) is 1. The third-order valence-corrected chi connectivity index (χ3v) is 1.72. The van der Waals surface area contributed by atoms with Gasteiger partial charge >= 0.3 is 5.97 Å². The number of hydrogen-bond donors (Lipinski definition) is 1. The molecular weight excluding hydrogens is 198 g/mol. The summed E-state index contributed by atoms with van der Waals surface area (Å²) in [5, 5.41) is 8.32. The van der Waals surface area contributed by atoms with E-state index in [-0.39, 0.29) is 5.91 Å². The zero-order chi connectivity index (χ0) is 11.3. The van der Waals surface area contributed by atoms with Crippen LogP contribution in [0.3, 0.4) is 0 Å². The van der Waals surface area contributed by atoms with Gasteiger partial charge in [-0.3, -0.25) is 4.79 Å². The van der Waals surface area contributed by atoms with E-state index in [0.29, 0.717) is 12.3 Å². The van der Waals surface area contributed by atoms with Crippen molar-refractivity contribution in [2.24, 2.45) is 0 Å². The van der Waals surface area contributed by atoms with E-state index in [4.69, 9.17) is 9.52 Å². The van der Waals surface area contributed by atoms with Crippen LogP contribution in [0.2, 0.25) is 0 Å². The lowest BCUT2D eigenvalue weighted by Crippen LogP contribution is -2.24. The van der Waals surface area contributed by atoms with Gasteiger partial charge in [0.15, 0.2) is 0 Å². The highest BCUT2D eigenvalue weighted by molar-refractivity contribution is 5.93. The molecule has 1 heterocycles. The summed E-state index contributed by atoms with van der Waals surface area (Å²) in [6.07, 6.45) is 3.33. The van der Waals surface area contributed by atoms with Gasteiger partial charge < -0.3 is 14.4 Å². The summed E-state index contributed by atoms with van der Waals surface area (Å²) >= 11 is 0. The second kappa shape index (κ2) is 4.99. The van der Waals surface area contributed by atoms with Gasteiger partial charge in [-0.25, -0.2) is 4.79 Å². The third-order valence-electron chi connectivity index (χ3n) is 1.72. The van der Waals surface area contributed by atoms with Crippen LogP contribution < -0.4 is 0 Å². The maximum absolute atomic E-state index is 11.3. The second-order valence-corrected chi connectivity index (χ2v) is 2.95. The van der Waals surface area contributed by atoms with Gasteiger partial charge in [-0.05, 0) is 12.1 Å². The third kappa shape index (κ3) is 3.68. The van der Waals surface area contributed by atoms with Crippen molar-refractivity contribution in [3.8, 4) is 0 Å². The Morgan fingerprint density at radius 1 is 1.53 bits per heavy atom. The first-order valence-corrected chi connectivity index (χ1v) is 4.28. The molecule has 1 N–H and O–H groups in total. The lowest BCUT2D eigenvalue weighted by molar-refractivity contribution is -0.132. The smallest absolute Gasteiger partial charge is 0.328 e. The first kappa shape index (κ1) is 11.0. The largest absolute Gasteiger partial charge is 0.478 e. The number of nitrogens with zero attached hydrogens (tertiary/aromatic N) is 1. The zero-order valence-electron chi connectivity index (χ0n) is 8.21. The van der Waals surface area contributed by atoms with Gasteiger partial charge in [-0.1, -0.05) is 0 Å². The van der Waals surface area contributed by atoms with Crippen molar-refractivity contribution in [1.82, 2.24) is 4.90 Å². The van der Waals surface area contributed by atoms with Crippen molar-refractivity contribution in [3.05, 3.63) is 36.3 Å². The maximum atomic E-state index is 11.3. The Hall–Kier alpha value is -2.04. The van der Waals surface area contributed by atoms with Gasteiger partial charge in [0, 0.05) is 19.2 Å². The second-order valence-electron chi connectivity index (χ2n) is 2.95. The molecule has 1 aromatic rings. The molecule has 5 nitrogen and oxygen atoms in total. The van der Waals surface area contributed by atoms with Gasteiger partial charge in [0.1, 0.15) is 5.76 Å². The Bertz CT molecular complexity index is 367. The van der Waals surface area contributed by atoms with Crippen LogP contribution in [0.4, 0.5) is 0 Å². The molecule has 1 rings (SSSR count). The lowest BCUT2D eigenvalue weighted by Gasteiger charge is -2.12. The van der Waals surface area contributed by atoms with Gasteiger partial charge in [-0.2, -0.15) is 0 Å². The molecular formula is C10H11NO4. The van der Waals surface area contributed by atoms with Crippen LogP contribution in [-0.2, 0) is 16.1 Å². The minimum atomic E-state index is -1.14. The summed E-state index contributed by atoms with van der Waals surface area (Å²) < 4.78 is 5.05. The van der Waals surface area contributed by atoms with Crippen LogP contribution in [0.15, 0.2) is 35.0 Å². The summed E-state index contributed by atoms with van der Waals surface area (Å²) in [6, 6.07) is 3.46. The van der Waals surface area contributed by atoms with E-state index in [0.717, 1.165) is 12.2 Å². The van der Waals surface area contributed by atoms with Gasteiger partial charge in [0.25, 0.3) is 0 Å². The van der Waals surface area contributed by atoms with E-state index in [1.54, 1.807) is 19.2 Å². The minimum Gasteiger partial charge on any atom is -0.478 e. The molecule has 5 heteroatoms. The molecule has 0 aliphatic heterocycles. The average molecular weight is 209 g/mol. The van der Waals surface area contributed by atoms with E-state index in [2.05, 4.69) is 0 Å². The molecule has 1 amide bonds. The van der Waals surface area contributed by atoms with Crippen molar-refractivity contribution >= 4 is 11.9 Å². The van der Waals surface area contributed by atoms with Gasteiger partial charge in [-0.15, -0.1) is 0 Å². The topological polar surface area (TPSA) is 70.8 Å². The van der Waals surface area contributed by atoms with Crippen LogP contribution in [-0.4, -0.2) is 28.9 Å². The Morgan fingerprint density at radius 2 is 2.27 bits per heavy atom. The highest BCUT2D eigenvalue weighted by atomic mass is 16.4. The molecule has 0 saturated heterocycles. The number of likely N-dealkylation sites (N-methyl/N-ethyl adjacent to an activating group) is 1. The summed E-state index contributed by atoms with van der Waals surface area (Å²) in [4.78, 5) is 22.8. The van der Waals surface area contributed by atoms with Gasteiger partial charge in [0.05, 0.1) is 12.8 Å². The number of aliphatic carboxylic acids is 1. The van der Waals surface area contributed by atoms with Crippen molar-refractivity contribution < 1.29 is 19.1 Å². The van der Waals surface area contributed by atoms with Crippen LogP contribution in [0.5, 0.6) is 0 Å². The normalized spacial score (nSPS) is 10.5. The average Bonchev–Trinajstić information content (AvgIpc) is 2.66. The fraction of sp³-hybridized carbons (Fsp3) is 0.200. The molecule has 0 aliphatic rings. The van der Waals surface area contributed by atoms with Crippen LogP contribution in [0, 0.1) is 0 Å². The molecule has 0 aliphatic carbocycles. The SMILES string of the molecule is CN(Cc1ccco1)C(=O)C=CC(=O)O. The highest BCUT2D eigenvalue weighted by Gasteiger charge is 2.07. The number of carbonyl (C=O) groups is 2. The first-order chi connectivity index (χ1) is 7.09. The summed E-state index contributed by atoms with van der Waals surface area (Å²) in [5.74, 6) is -0.877. The number of hydrogen-bond acceptors (Lipinski definition) is 3. The summed E-state index contributed by atoms with van der Waals surface area (Å²) in [6.45, 7) is 0.315. The Labute approximate surface area is 86.6 Å². The Morgan fingerprint density at radius 3 is 2.80 bits per heavy atom. The predicted molar refractivity (Wildman–Crippen MR) is 52.0 cm³/mol. The molecule has 0 fully saturated rings. The molecule has 1 aromatic heterocycles. The highest BCUT2D eigenvalue weighted by Crippen LogP contribution is 2.03. The molecule has 0 spiro atoms. The van der Waals surface area contributed by atoms with E-state index in [1.807, 2.05) is 0 Å². The molecule has 0 radical (unpaired) electrons. The maximum Gasteiger partial charge on any atom is 0.328 e. The van der Waals surface area contributed by atoms with Crippen molar-refractivity contribution in [2.45, 2.75) is 6.54 Å². The first-order valence-electron chi connectivity index (χ1n) is 4.28. The molecule has 0 atom stereocenters. The Kier molecular flexibility index (Phi) is 3.68. The zero-order valence-corrected chi connectivity index (χ0v) is 8.21. The van der Waals surface area contributed by atoms with E-state index in [9.17, 15) is 9.59 Å². The van der Waals surface area contributed by atoms with Crippen LogP contribution >= 0.6 is 0 Å². The molecule has 0 aromatic carbocycles.